The van der Waals surface area contributed by atoms with Crippen molar-refractivity contribution in [2.75, 3.05) is 5.32 Å². The minimum absolute atomic E-state index is 0.198. The molecule has 2 N–H and O–H groups in total. The Kier molecular flexibility index (Phi) is 4.42. The van der Waals surface area contributed by atoms with Gasteiger partial charge in [-0.05, 0) is 33.6 Å². The second-order valence-corrected chi connectivity index (χ2v) is 5.19. The fourth-order valence-corrected chi connectivity index (χ4v) is 2.52. The van der Waals surface area contributed by atoms with E-state index in [9.17, 15) is 4.79 Å². The average molecular weight is 265 g/mol. The van der Waals surface area contributed by atoms with Crippen molar-refractivity contribution in [2.45, 2.75) is 58.7 Å². The molecular formula is C13H23N5O. The van der Waals surface area contributed by atoms with Crippen molar-refractivity contribution in [3.63, 3.8) is 0 Å². The van der Waals surface area contributed by atoms with Crippen LogP contribution in [0, 0.1) is 0 Å². The third-order valence-electron chi connectivity index (χ3n) is 3.64. The van der Waals surface area contributed by atoms with Crippen LogP contribution in [0.5, 0.6) is 0 Å². The highest BCUT2D eigenvalue weighted by Crippen LogP contribution is 2.20. The van der Waals surface area contributed by atoms with E-state index in [4.69, 9.17) is 0 Å². The van der Waals surface area contributed by atoms with E-state index in [0.717, 1.165) is 25.1 Å². The first-order chi connectivity index (χ1) is 9.10. The fourth-order valence-electron chi connectivity index (χ4n) is 2.52. The summed E-state index contributed by atoms with van der Waals surface area (Å²) in [6.07, 6.45) is 6.96. The molecule has 6 heteroatoms. The number of hydrogen-bond donors (Lipinski definition) is 2. The van der Waals surface area contributed by atoms with E-state index in [2.05, 4.69) is 29.7 Å². The first-order valence-electron chi connectivity index (χ1n) is 6.98. The standard InChI is InChI=1S/C13H23N5O/c1-4-17-9-12(8-14-17)15-13(19)16-18-10(2)6-5-7-11(18)3/h8-11H,4-7H2,1-3H3,(H2,15,16,19). The first-order valence-corrected chi connectivity index (χ1v) is 6.98. The number of nitrogens with zero attached hydrogens (tertiary/aromatic N) is 3. The lowest BCUT2D eigenvalue weighted by atomic mass is 10.00. The molecule has 1 aliphatic heterocycles. The number of carbonyl (C=O) groups excluding carboxylic acids is 1. The highest BCUT2D eigenvalue weighted by atomic mass is 16.2. The normalized spacial score (nSPS) is 24.2. The van der Waals surface area contributed by atoms with Crippen molar-refractivity contribution in [3.05, 3.63) is 12.4 Å². The van der Waals surface area contributed by atoms with Crippen LogP contribution in [-0.4, -0.2) is 32.9 Å². The van der Waals surface area contributed by atoms with Gasteiger partial charge in [-0.3, -0.25) is 10.1 Å². The Balaban J connectivity index is 1.89. The lowest BCUT2D eigenvalue weighted by Crippen LogP contribution is -2.55. The molecule has 0 bridgehead atoms. The zero-order valence-electron chi connectivity index (χ0n) is 11.9. The lowest BCUT2D eigenvalue weighted by Gasteiger charge is -2.38. The number of hydrazine groups is 1. The molecule has 2 rings (SSSR count). The van der Waals surface area contributed by atoms with Gasteiger partial charge >= 0.3 is 6.03 Å². The monoisotopic (exact) mass is 265 g/mol. The van der Waals surface area contributed by atoms with Crippen molar-refractivity contribution < 1.29 is 4.79 Å². The van der Waals surface area contributed by atoms with E-state index in [1.165, 1.54) is 6.42 Å². The van der Waals surface area contributed by atoms with Crippen molar-refractivity contribution in [1.82, 2.24) is 20.2 Å². The Morgan fingerprint density at radius 2 is 2.11 bits per heavy atom. The highest BCUT2D eigenvalue weighted by Gasteiger charge is 2.26. The van der Waals surface area contributed by atoms with Crippen LogP contribution >= 0.6 is 0 Å². The Morgan fingerprint density at radius 3 is 2.68 bits per heavy atom. The molecule has 19 heavy (non-hydrogen) atoms. The summed E-state index contributed by atoms with van der Waals surface area (Å²) in [4.78, 5) is 12.0. The fraction of sp³-hybridized carbons (Fsp3) is 0.692. The van der Waals surface area contributed by atoms with Crippen LogP contribution < -0.4 is 10.7 Å². The quantitative estimate of drug-likeness (QED) is 0.880. The summed E-state index contributed by atoms with van der Waals surface area (Å²) in [6, 6.07) is 0.567. The maximum Gasteiger partial charge on any atom is 0.333 e. The lowest BCUT2D eigenvalue weighted by molar-refractivity contribution is 0.0625. The van der Waals surface area contributed by atoms with Crippen LogP contribution in [0.15, 0.2) is 12.4 Å². The summed E-state index contributed by atoms with van der Waals surface area (Å²) in [7, 11) is 0. The van der Waals surface area contributed by atoms with Crippen LogP contribution in [0.1, 0.15) is 40.0 Å². The largest absolute Gasteiger partial charge is 0.333 e. The Labute approximate surface area is 114 Å². The van der Waals surface area contributed by atoms with Crippen LogP contribution in [-0.2, 0) is 6.54 Å². The molecule has 0 saturated carbocycles. The van der Waals surface area contributed by atoms with E-state index < -0.39 is 0 Å². The Morgan fingerprint density at radius 1 is 1.42 bits per heavy atom. The van der Waals surface area contributed by atoms with Gasteiger partial charge < -0.3 is 5.32 Å². The number of aryl methyl sites for hydroxylation is 1. The molecule has 2 heterocycles. The van der Waals surface area contributed by atoms with E-state index in [1.807, 2.05) is 18.1 Å². The van der Waals surface area contributed by atoms with Crippen LogP contribution in [0.2, 0.25) is 0 Å². The first kappa shape index (κ1) is 13.9. The predicted molar refractivity (Wildman–Crippen MR) is 74.7 cm³/mol. The maximum atomic E-state index is 12.0. The molecule has 0 radical (unpaired) electrons. The SMILES string of the molecule is CCn1cc(NC(=O)NN2C(C)CCCC2C)cn1. The summed E-state index contributed by atoms with van der Waals surface area (Å²) in [5.41, 5.74) is 3.66. The van der Waals surface area contributed by atoms with Crippen molar-refractivity contribution in [2.24, 2.45) is 0 Å². The number of hydrogen-bond acceptors (Lipinski definition) is 3. The number of anilines is 1. The van der Waals surface area contributed by atoms with Crippen molar-refractivity contribution in [3.8, 4) is 0 Å². The minimum Gasteiger partial charge on any atom is -0.304 e. The smallest absolute Gasteiger partial charge is 0.304 e. The van der Waals surface area contributed by atoms with Gasteiger partial charge in [-0.1, -0.05) is 6.42 Å². The molecule has 1 aromatic heterocycles. The molecule has 106 valence electrons. The van der Waals surface area contributed by atoms with Gasteiger partial charge in [-0.2, -0.15) is 5.10 Å². The van der Waals surface area contributed by atoms with Gasteiger partial charge in [0, 0.05) is 24.8 Å². The van der Waals surface area contributed by atoms with Gasteiger partial charge in [0.05, 0.1) is 11.9 Å². The summed E-state index contributed by atoms with van der Waals surface area (Å²) < 4.78 is 1.78. The third-order valence-corrected chi connectivity index (χ3v) is 3.64. The topological polar surface area (TPSA) is 62.2 Å². The van der Waals surface area contributed by atoms with Gasteiger partial charge in [0.15, 0.2) is 0 Å². The molecule has 2 unspecified atom stereocenters. The molecule has 1 aromatic rings. The number of rotatable bonds is 3. The number of carbonyl (C=O) groups is 1. The summed E-state index contributed by atoms with van der Waals surface area (Å²) in [5.74, 6) is 0. The van der Waals surface area contributed by atoms with E-state index >= 15 is 0 Å². The van der Waals surface area contributed by atoms with Gasteiger partial charge in [-0.15, -0.1) is 0 Å². The molecule has 2 amide bonds. The van der Waals surface area contributed by atoms with Crippen LogP contribution in [0.25, 0.3) is 0 Å². The molecule has 1 saturated heterocycles. The molecular weight excluding hydrogens is 242 g/mol. The summed E-state index contributed by atoms with van der Waals surface area (Å²) in [5, 5.41) is 8.98. The van der Waals surface area contributed by atoms with Crippen molar-refractivity contribution in [1.29, 1.82) is 0 Å². The molecule has 0 aromatic carbocycles. The Bertz CT molecular complexity index is 420. The molecule has 0 aliphatic carbocycles. The number of piperidine rings is 1. The maximum absolute atomic E-state index is 12.0. The second-order valence-electron chi connectivity index (χ2n) is 5.19. The van der Waals surface area contributed by atoms with Crippen molar-refractivity contribution >= 4 is 11.7 Å². The third kappa shape index (κ3) is 3.47. The summed E-state index contributed by atoms with van der Waals surface area (Å²) in [6.45, 7) is 7.09. The number of amides is 2. The van der Waals surface area contributed by atoms with E-state index in [0.29, 0.717) is 12.1 Å². The number of urea groups is 1. The van der Waals surface area contributed by atoms with Crippen LogP contribution in [0.3, 0.4) is 0 Å². The molecule has 1 fully saturated rings. The van der Waals surface area contributed by atoms with Gasteiger partial charge in [-0.25, -0.2) is 9.80 Å². The second kappa shape index (κ2) is 6.06. The molecule has 1 aliphatic rings. The van der Waals surface area contributed by atoms with E-state index in [-0.39, 0.29) is 6.03 Å². The highest BCUT2D eigenvalue weighted by molar-refractivity contribution is 5.88. The Hall–Kier alpha value is -1.56. The minimum atomic E-state index is -0.198. The van der Waals surface area contributed by atoms with E-state index in [1.54, 1.807) is 10.9 Å². The predicted octanol–water partition coefficient (Wildman–Crippen LogP) is 2.20. The summed E-state index contributed by atoms with van der Waals surface area (Å²) >= 11 is 0. The number of aromatic nitrogens is 2. The number of nitrogens with one attached hydrogen (secondary N) is 2. The van der Waals surface area contributed by atoms with Gasteiger partial charge in [0.2, 0.25) is 0 Å². The zero-order chi connectivity index (χ0) is 13.8. The average Bonchev–Trinajstić information content (AvgIpc) is 2.81. The van der Waals surface area contributed by atoms with Gasteiger partial charge in [0.25, 0.3) is 0 Å². The van der Waals surface area contributed by atoms with Crippen LogP contribution in [0.4, 0.5) is 10.5 Å². The van der Waals surface area contributed by atoms with Gasteiger partial charge in [0.1, 0.15) is 0 Å². The molecule has 0 spiro atoms. The molecule has 6 nitrogen and oxygen atoms in total. The zero-order valence-corrected chi connectivity index (χ0v) is 11.9. The molecule has 2 atom stereocenters.